The van der Waals surface area contributed by atoms with E-state index in [9.17, 15) is 9.59 Å². The van der Waals surface area contributed by atoms with E-state index in [-0.39, 0.29) is 25.0 Å². The van der Waals surface area contributed by atoms with Gasteiger partial charge in [-0.25, -0.2) is 4.98 Å². The van der Waals surface area contributed by atoms with Gasteiger partial charge in [0.15, 0.2) is 18.1 Å². The first-order valence-corrected chi connectivity index (χ1v) is 11.3. The third kappa shape index (κ3) is 4.34. The number of imidazole rings is 1. The van der Waals surface area contributed by atoms with E-state index < -0.39 is 0 Å². The van der Waals surface area contributed by atoms with Crippen LogP contribution in [0.25, 0.3) is 17.1 Å². The smallest absolute Gasteiger partial charge is 0.258 e. The van der Waals surface area contributed by atoms with Crippen LogP contribution in [-0.4, -0.2) is 78.1 Å². The SMILES string of the molecule is COc1ccc2cc1OCC(=O)NCc1cc(C(=O)N3CCN(C)CC3)cc(c1)-n1ccnc1-2. The molecule has 3 aromatic rings. The predicted molar refractivity (Wildman–Crippen MR) is 126 cm³/mol. The molecular formula is C25H27N5O4. The molecule has 9 heteroatoms. The Bertz CT molecular complexity index is 1230. The topological polar surface area (TPSA) is 88.9 Å². The highest BCUT2D eigenvalue weighted by Gasteiger charge is 2.22. The van der Waals surface area contributed by atoms with Crippen LogP contribution in [0.15, 0.2) is 48.8 Å². The number of hydrogen-bond acceptors (Lipinski definition) is 6. The number of carbonyl (C=O) groups is 2. The highest BCUT2D eigenvalue weighted by molar-refractivity contribution is 5.95. The van der Waals surface area contributed by atoms with Crippen molar-refractivity contribution in [2.75, 3.05) is 46.9 Å². The van der Waals surface area contributed by atoms with Crippen LogP contribution in [0, 0.1) is 0 Å². The second-order valence-electron chi connectivity index (χ2n) is 8.54. The summed E-state index contributed by atoms with van der Waals surface area (Å²) in [5.74, 6) is 1.42. The predicted octanol–water partition coefficient (Wildman–Crippen LogP) is 1.94. The summed E-state index contributed by atoms with van der Waals surface area (Å²) >= 11 is 0. The van der Waals surface area contributed by atoms with Crippen LogP contribution in [0.3, 0.4) is 0 Å². The highest BCUT2D eigenvalue weighted by Crippen LogP contribution is 2.33. The third-order valence-electron chi connectivity index (χ3n) is 6.20. The number of ether oxygens (including phenoxy) is 2. The molecule has 3 heterocycles. The zero-order valence-corrected chi connectivity index (χ0v) is 19.3. The summed E-state index contributed by atoms with van der Waals surface area (Å²) in [6.45, 7) is 3.19. The van der Waals surface area contributed by atoms with E-state index in [1.54, 1.807) is 19.4 Å². The fraction of sp³-hybridized carbons (Fsp3) is 0.320. The summed E-state index contributed by atoms with van der Waals surface area (Å²) in [6.07, 6.45) is 3.59. The first-order chi connectivity index (χ1) is 16.5. The van der Waals surface area contributed by atoms with Crippen LogP contribution in [0.4, 0.5) is 0 Å². The number of carbonyl (C=O) groups excluding carboxylic acids is 2. The number of aromatic nitrogens is 2. The largest absolute Gasteiger partial charge is 0.493 e. The quantitative estimate of drug-likeness (QED) is 0.628. The van der Waals surface area contributed by atoms with Gasteiger partial charge >= 0.3 is 0 Å². The van der Waals surface area contributed by atoms with Gasteiger partial charge in [-0.3, -0.25) is 14.2 Å². The molecule has 0 unspecified atom stereocenters. The van der Waals surface area contributed by atoms with Gasteiger partial charge in [0.1, 0.15) is 5.82 Å². The molecule has 2 amide bonds. The monoisotopic (exact) mass is 461 g/mol. The van der Waals surface area contributed by atoms with Gasteiger partial charge in [-0.2, -0.15) is 0 Å². The van der Waals surface area contributed by atoms with E-state index in [1.165, 1.54) is 0 Å². The molecule has 0 saturated carbocycles. The summed E-state index contributed by atoms with van der Waals surface area (Å²) in [7, 11) is 3.62. The molecule has 1 aromatic heterocycles. The van der Waals surface area contributed by atoms with Gasteiger partial charge in [-0.15, -0.1) is 0 Å². The number of piperazine rings is 1. The maximum Gasteiger partial charge on any atom is 0.258 e. The molecule has 4 bridgehead atoms. The summed E-state index contributed by atoms with van der Waals surface area (Å²) in [6, 6.07) is 11.2. The number of methoxy groups -OCH3 is 1. The van der Waals surface area contributed by atoms with Crippen molar-refractivity contribution >= 4 is 11.8 Å². The molecule has 1 fully saturated rings. The average Bonchev–Trinajstić information content (AvgIpc) is 3.35. The van der Waals surface area contributed by atoms with Crippen LogP contribution < -0.4 is 14.8 Å². The molecule has 1 N–H and O–H groups in total. The molecule has 2 aliphatic rings. The van der Waals surface area contributed by atoms with Crippen molar-refractivity contribution in [1.29, 1.82) is 0 Å². The number of hydrogen-bond donors (Lipinski definition) is 1. The summed E-state index contributed by atoms with van der Waals surface area (Å²) in [5.41, 5.74) is 3.02. The van der Waals surface area contributed by atoms with Gasteiger partial charge in [0.2, 0.25) is 0 Å². The van der Waals surface area contributed by atoms with Crippen molar-refractivity contribution < 1.29 is 19.1 Å². The Morgan fingerprint density at radius 2 is 1.94 bits per heavy atom. The normalized spacial score (nSPS) is 16.3. The minimum atomic E-state index is -0.262. The number of amides is 2. The second kappa shape index (κ2) is 9.18. The molecule has 2 aromatic carbocycles. The molecular weight excluding hydrogens is 434 g/mol. The van der Waals surface area contributed by atoms with Crippen molar-refractivity contribution in [3.8, 4) is 28.6 Å². The van der Waals surface area contributed by atoms with E-state index in [0.29, 0.717) is 36.0 Å². The lowest BCUT2D eigenvalue weighted by molar-refractivity contribution is -0.123. The fourth-order valence-electron chi connectivity index (χ4n) is 4.28. The standard InChI is InChI=1S/C25H27N5O4/c1-28-7-9-29(10-8-28)25(32)19-11-17-12-20(13-19)30-6-5-26-24(30)18-3-4-21(33-2)22(14-18)34-16-23(31)27-15-17/h3-6,11-14H,7-10,15-16H2,1-2H3,(H,27,31). The van der Waals surface area contributed by atoms with E-state index in [4.69, 9.17) is 9.47 Å². The van der Waals surface area contributed by atoms with Crippen LogP contribution in [-0.2, 0) is 11.3 Å². The Kier molecular flexibility index (Phi) is 5.93. The van der Waals surface area contributed by atoms with Crippen LogP contribution in [0.2, 0.25) is 0 Å². The molecule has 34 heavy (non-hydrogen) atoms. The molecule has 1 saturated heterocycles. The highest BCUT2D eigenvalue weighted by atomic mass is 16.5. The van der Waals surface area contributed by atoms with Crippen molar-refractivity contribution in [3.63, 3.8) is 0 Å². The van der Waals surface area contributed by atoms with Crippen molar-refractivity contribution in [2.45, 2.75) is 6.54 Å². The van der Waals surface area contributed by atoms with Gasteiger partial charge in [0.25, 0.3) is 11.8 Å². The zero-order valence-electron chi connectivity index (χ0n) is 19.3. The minimum absolute atomic E-state index is 0.0106. The first-order valence-electron chi connectivity index (χ1n) is 11.3. The van der Waals surface area contributed by atoms with Gasteiger partial charge in [0.05, 0.1) is 7.11 Å². The first kappa shape index (κ1) is 22.0. The Morgan fingerprint density at radius 1 is 1.12 bits per heavy atom. The van der Waals surface area contributed by atoms with E-state index in [2.05, 4.69) is 22.2 Å². The molecule has 0 spiro atoms. The maximum atomic E-state index is 13.4. The van der Waals surface area contributed by atoms with Crippen molar-refractivity contribution in [1.82, 2.24) is 24.7 Å². The zero-order chi connectivity index (χ0) is 23.7. The Morgan fingerprint density at radius 3 is 2.74 bits per heavy atom. The van der Waals surface area contributed by atoms with E-state index >= 15 is 0 Å². The molecule has 0 radical (unpaired) electrons. The van der Waals surface area contributed by atoms with Crippen LogP contribution in [0.5, 0.6) is 11.5 Å². The lowest BCUT2D eigenvalue weighted by Crippen LogP contribution is -2.47. The third-order valence-corrected chi connectivity index (χ3v) is 6.20. The maximum absolute atomic E-state index is 13.4. The number of fused-ring (bicyclic) bond motifs is 7. The van der Waals surface area contributed by atoms with Crippen molar-refractivity contribution in [3.05, 3.63) is 59.9 Å². The number of benzene rings is 2. The van der Waals surface area contributed by atoms with Gasteiger partial charge in [-0.1, -0.05) is 0 Å². The summed E-state index contributed by atoms with van der Waals surface area (Å²) in [5, 5.41) is 2.88. The summed E-state index contributed by atoms with van der Waals surface area (Å²) in [4.78, 5) is 34.5. The molecule has 5 rings (SSSR count). The molecule has 0 aliphatic carbocycles. The Labute approximate surface area is 197 Å². The molecule has 2 aliphatic heterocycles. The molecule has 0 atom stereocenters. The van der Waals surface area contributed by atoms with E-state index in [1.807, 2.05) is 46.0 Å². The average molecular weight is 462 g/mol. The second-order valence-corrected chi connectivity index (χ2v) is 8.54. The van der Waals surface area contributed by atoms with Crippen LogP contribution in [0.1, 0.15) is 15.9 Å². The van der Waals surface area contributed by atoms with Crippen LogP contribution >= 0.6 is 0 Å². The van der Waals surface area contributed by atoms with Gasteiger partial charge in [0, 0.05) is 61.9 Å². The van der Waals surface area contributed by atoms with Crippen molar-refractivity contribution in [2.24, 2.45) is 0 Å². The Balaban J connectivity index is 1.59. The fourth-order valence-corrected chi connectivity index (χ4v) is 4.28. The minimum Gasteiger partial charge on any atom is -0.493 e. The van der Waals surface area contributed by atoms with Gasteiger partial charge in [-0.05, 0) is 49.0 Å². The number of nitrogens with zero attached hydrogens (tertiary/aromatic N) is 4. The number of likely N-dealkylation sites (N-methyl/N-ethyl adjacent to an activating group) is 1. The number of rotatable bonds is 2. The van der Waals surface area contributed by atoms with E-state index in [0.717, 1.165) is 29.9 Å². The molecule has 9 nitrogen and oxygen atoms in total. The Hall–Kier alpha value is -3.85. The lowest BCUT2D eigenvalue weighted by atomic mass is 10.1. The van der Waals surface area contributed by atoms with Gasteiger partial charge < -0.3 is 24.6 Å². The lowest BCUT2D eigenvalue weighted by Gasteiger charge is -2.32. The molecule has 176 valence electrons. The summed E-state index contributed by atoms with van der Waals surface area (Å²) < 4.78 is 13.1. The number of nitrogens with one attached hydrogen (secondary N) is 1.